The number of nitrogens with one attached hydrogen (secondary N) is 1. The lowest BCUT2D eigenvalue weighted by molar-refractivity contribution is -0.157. The van der Waals surface area contributed by atoms with Crippen molar-refractivity contribution in [1.29, 1.82) is 0 Å². The first kappa shape index (κ1) is 18.6. The third-order valence-corrected chi connectivity index (χ3v) is 5.54. The van der Waals surface area contributed by atoms with E-state index in [0.29, 0.717) is 51.0 Å². The van der Waals surface area contributed by atoms with E-state index in [0.717, 1.165) is 11.3 Å². The number of fused-ring (bicyclic) bond motifs is 1. The molecule has 4 N–H and O–H groups in total. The van der Waals surface area contributed by atoms with Gasteiger partial charge < -0.3 is 20.9 Å². The normalized spacial score (nSPS) is 24.7. The van der Waals surface area contributed by atoms with Crippen LogP contribution in [-0.2, 0) is 16.1 Å². The van der Waals surface area contributed by atoms with Gasteiger partial charge in [-0.2, -0.15) is 15.0 Å². The number of carboxylic acids is 1. The highest BCUT2D eigenvalue weighted by molar-refractivity contribution is 5.76. The molecular weight excluding hydrogens is 360 g/mol. The number of hydrogen-bond donors (Lipinski definition) is 3. The number of rotatable bonds is 5. The van der Waals surface area contributed by atoms with Gasteiger partial charge >= 0.3 is 5.97 Å². The molecule has 3 heterocycles. The molecule has 2 atom stereocenters. The van der Waals surface area contributed by atoms with Crippen LogP contribution >= 0.6 is 0 Å². The van der Waals surface area contributed by atoms with Gasteiger partial charge in [-0.1, -0.05) is 12.1 Å². The van der Waals surface area contributed by atoms with Gasteiger partial charge in [0.25, 0.3) is 0 Å². The molecule has 0 saturated carbocycles. The molecule has 2 aromatic rings. The number of aliphatic carboxylic acids is 1. The van der Waals surface area contributed by atoms with Crippen LogP contribution in [0, 0.1) is 18.3 Å². The summed E-state index contributed by atoms with van der Waals surface area (Å²) in [6.07, 6.45) is 0.531. The highest BCUT2D eigenvalue weighted by atomic mass is 16.5. The highest BCUT2D eigenvalue weighted by Crippen LogP contribution is 2.42. The molecule has 1 aromatic heterocycles. The van der Waals surface area contributed by atoms with Crippen molar-refractivity contribution in [3.63, 3.8) is 0 Å². The number of carbonyl (C=O) groups is 1. The van der Waals surface area contributed by atoms with E-state index in [1.54, 1.807) is 0 Å². The predicted octanol–water partition coefficient (Wildman–Crippen LogP) is 1.43. The second kappa shape index (κ2) is 7.33. The van der Waals surface area contributed by atoms with E-state index in [9.17, 15) is 9.90 Å². The van der Waals surface area contributed by atoms with Gasteiger partial charge in [0.05, 0.1) is 18.6 Å². The van der Waals surface area contributed by atoms with Gasteiger partial charge in [-0.25, -0.2) is 0 Å². The molecule has 9 heteroatoms. The number of nitrogens with two attached hydrogens (primary N) is 1. The van der Waals surface area contributed by atoms with Crippen LogP contribution in [0.3, 0.4) is 0 Å². The van der Waals surface area contributed by atoms with Gasteiger partial charge in [-0.3, -0.25) is 9.69 Å². The Balaban J connectivity index is 1.51. The second-order valence-corrected chi connectivity index (χ2v) is 7.58. The van der Waals surface area contributed by atoms with Gasteiger partial charge in [-0.15, -0.1) is 0 Å². The Morgan fingerprint density at radius 2 is 2.29 bits per heavy atom. The summed E-state index contributed by atoms with van der Waals surface area (Å²) in [5.41, 5.74) is 7.11. The van der Waals surface area contributed by atoms with Crippen LogP contribution in [0.1, 0.15) is 17.8 Å². The maximum Gasteiger partial charge on any atom is 0.311 e. The summed E-state index contributed by atoms with van der Waals surface area (Å²) >= 11 is 0. The maximum absolute atomic E-state index is 11.9. The molecule has 1 aromatic carbocycles. The fourth-order valence-electron chi connectivity index (χ4n) is 4.14. The van der Waals surface area contributed by atoms with Crippen LogP contribution in [-0.4, -0.2) is 57.2 Å². The minimum absolute atomic E-state index is 0.0252. The Hall–Kier alpha value is -2.78. The number of aromatic nitrogens is 3. The topological polar surface area (TPSA) is 126 Å². The predicted molar refractivity (Wildman–Crippen MR) is 103 cm³/mol. The quantitative estimate of drug-likeness (QED) is 0.701. The van der Waals surface area contributed by atoms with Crippen LogP contribution in [0.2, 0.25) is 0 Å². The first-order valence-electron chi connectivity index (χ1n) is 9.32. The standard InChI is InChI=1S/C19H24N6O3/c1-12-3-2-4-14(7-12)21-18-23-15(22-17(20)24-18)9-25-8-13-10-28-6-5-19(13,11-25)16(26)27/h2-4,7,13H,5-6,8-11H2,1H3,(H,26,27)(H3,20,21,22,23,24)/t13-,19+/m1/s1. The molecule has 28 heavy (non-hydrogen) atoms. The van der Waals surface area contributed by atoms with Crippen molar-refractivity contribution in [2.24, 2.45) is 11.3 Å². The number of benzene rings is 1. The lowest BCUT2D eigenvalue weighted by atomic mass is 9.74. The van der Waals surface area contributed by atoms with E-state index in [4.69, 9.17) is 10.5 Å². The zero-order valence-corrected chi connectivity index (χ0v) is 15.8. The minimum Gasteiger partial charge on any atom is -0.481 e. The first-order chi connectivity index (χ1) is 13.4. The van der Waals surface area contributed by atoms with Crippen LogP contribution in [0.5, 0.6) is 0 Å². The molecule has 0 bridgehead atoms. The molecule has 2 fully saturated rings. The van der Waals surface area contributed by atoms with Gasteiger partial charge in [0.15, 0.2) is 0 Å². The van der Waals surface area contributed by atoms with Crippen molar-refractivity contribution in [1.82, 2.24) is 19.9 Å². The van der Waals surface area contributed by atoms with Crippen LogP contribution in [0.4, 0.5) is 17.6 Å². The Kier molecular flexibility index (Phi) is 4.86. The summed E-state index contributed by atoms with van der Waals surface area (Å²) in [6.45, 7) is 4.48. The van der Waals surface area contributed by atoms with E-state index in [1.165, 1.54) is 0 Å². The Bertz CT molecular complexity index is 892. The minimum atomic E-state index is -0.751. The smallest absolute Gasteiger partial charge is 0.311 e. The molecule has 9 nitrogen and oxygen atoms in total. The van der Waals surface area contributed by atoms with Gasteiger partial charge in [0, 0.05) is 31.3 Å². The first-order valence-corrected chi connectivity index (χ1v) is 9.32. The number of nitrogens with zero attached hydrogens (tertiary/aromatic N) is 4. The van der Waals surface area contributed by atoms with Gasteiger partial charge in [0.2, 0.25) is 11.9 Å². The molecular formula is C19H24N6O3. The monoisotopic (exact) mass is 384 g/mol. The second-order valence-electron chi connectivity index (χ2n) is 7.58. The summed E-state index contributed by atoms with van der Waals surface area (Å²) in [7, 11) is 0. The zero-order valence-electron chi connectivity index (χ0n) is 15.8. The summed E-state index contributed by atoms with van der Waals surface area (Å²) in [5, 5.41) is 13.0. The van der Waals surface area contributed by atoms with E-state index >= 15 is 0 Å². The fourth-order valence-corrected chi connectivity index (χ4v) is 4.14. The Morgan fingerprint density at radius 1 is 1.43 bits per heavy atom. The third kappa shape index (κ3) is 3.63. The summed E-state index contributed by atoms with van der Waals surface area (Å²) in [5.74, 6) is 0.250. The van der Waals surface area contributed by atoms with Crippen molar-refractivity contribution in [3.8, 4) is 0 Å². The number of aryl methyl sites for hydroxylation is 1. The van der Waals surface area contributed by atoms with Crippen LogP contribution < -0.4 is 11.1 Å². The SMILES string of the molecule is Cc1cccc(Nc2nc(N)nc(CN3C[C@@H]4COCC[C@]4(C(=O)O)C3)n2)c1. The zero-order chi connectivity index (χ0) is 19.7. The summed E-state index contributed by atoms with van der Waals surface area (Å²) in [4.78, 5) is 26.9. The number of likely N-dealkylation sites (tertiary alicyclic amines) is 1. The lowest BCUT2D eigenvalue weighted by Crippen LogP contribution is -2.44. The fraction of sp³-hybridized carbons (Fsp3) is 0.474. The van der Waals surface area contributed by atoms with Crippen LogP contribution in [0.25, 0.3) is 0 Å². The Labute approximate surface area is 163 Å². The van der Waals surface area contributed by atoms with E-state index in [2.05, 4.69) is 25.2 Å². The number of carboxylic acid groups (broad SMARTS) is 1. The highest BCUT2D eigenvalue weighted by Gasteiger charge is 2.53. The summed E-state index contributed by atoms with van der Waals surface area (Å²) < 4.78 is 5.51. The van der Waals surface area contributed by atoms with E-state index < -0.39 is 11.4 Å². The average Bonchev–Trinajstić information content (AvgIpc) is 3.00. The number of nitrogen functional groups attached to an aromatic ring is 1. The van der Waals surface area contributed by atoms with E-state index in [1.807, 2.05) is 31.2 Å². The van der Waals surface area contributed by atoms with E-state index in [-0.39, 0.29) is 11.9 Å². The molecule has 4 rings (SSSR count). The van der Waals surface area contributed by atoms with Crippen molar-refractivity contribution in [2.45, 2.75) is 19.9 Å². The van der Waals surface area contributed by atoms with Crippen LogP contribution in [0.15, 0.2) is 24.3 Å². The molecule has 0 amide bonds. The number of anilines is 3. The largest absolute Gasteiger partial charge is 0.481 e. The van der Waals surface area contributed by atoms with Crippen molar-refractivity contribution < 1.29 is 14.6 Å². The summed E-state index contributed by atoms with van der Waals surface area (Å²) in [6, 6.07) is 7.87. The molecule has 2 saturated heterocycles. The molecule has 0 aliphatic carbocycles. The van der Waals surface area contributed by atoms with Gasteiger partial charge in [0.1, 0.15) is 5.82 Å². The molecule has 2 aliphatic rings. The molecule has 148 valence electrons. The van der Waals surface area contributed by atoms with Gasteiger partial charge in [-0.05, 0) is 31.0 Å². The van der Waals surface area contributed by atoms with Crippen molar-refractivity contribution in [3.05, 3.63) is 35.7 Å². The third-order valence-electron chi connectivity index (χ3n) is 5.54. The molecule has 0 radical (unpaired) electrons. The average molecular weight is 384 g/mol. The maximum atomic E-state index is 11.9. The lowest BCUT2D eigenvalue weighted by Gasteiger charge is -2.34. The number of hydrogen-bond acceptors (Lipinski definition) is 8. The molecule has 0 unspecified atom stereocenters. The number of ether oxygens (including phenoxy) is 1. The van der Waals surface area contributed by atoms with Crippen molar-refractivity contribution >= 4 is 23.6 Å². The molecule has 0 spiro atoms. The Morgan fingerprint density at radius 3 is 3.04 bits per heavy atom. The molecule has 2 aliphatic heterocycles. The van der Waals surface area contributed by atoms with Crippen molar-refractivity contribution in [2.75, 3.05) is 37.4 Å².